The molecule has 2 nitrogen and oxygen atoms in total. The van der Waals surface area contributed by atoms with Gasteiger partial charge in [0.25, 0.3) is 0 Å². The van der Waals surface area contributed by atoms with E-state index < -0.39 is 0 Å². The molecule has 0 amide bonds. The molecule has 3 heteroatoms. The van der Waals surface area contributed by atoms with Crippen molar-refractivity contribution in [2.24, 2.45) is 40.4 Å². The monoisotopic (exact) mass is 444 g/mol. The van der Waals surface area contributed by atoms with E-state index in [4.69, 9.17) is 0 Å². The van der Waals surface area contributed by atoms with Crippen molar-refractivity contribution in [1.82, 2.24) is 0 Å². The molecule has 0 radical (unpaired) electrons. The van der Waals surface area contributed by atoms with E-state index in [1.54, 1.807) is 0 Å². The Labute approximate surface area is 160 Å². The normalized spacial score (nSPS) is 57.0. The van der Waals surface area contributed by atoms with Crippen molar-refractivity contribution in [1.29, 1.82) is 0 Å². The summed E-state index contributed by atoms with van der Waals surface area (Å²) in [5.41, 5.74) is 0.689. The molecule has 0 aromatic heterocycles. The topological polar surface area (TPSA) is 37.3 Å². The number of hydrogen-bond acceptors (Lipinski definition) is 2. The van der Waals surface area contributed by atoms with Crippen LogP contribution in [0.25, 0.3) is 0 Å². The van der Waals surface area contributed by atoms with E-state index in [9.17, 15) is 9.90 Å². The van der Waals surface area contributed by atoms with E-state index in [-0.39, 0.29) is 11.5 Å². The fourth-order valence-electron chi connectivity index (χ4n) is 7.82. The summed E-state index contributed by atoms with van der Waals surface area (Å²) < 4.78 is 0.728. The average molecular weight is 444 g/mol. The molecule has 4 aliphatic carbocycles. The average Bonchev–Trinajstić information content (AvgIpc) is 2.86. The first kappa shape index (κ1) is 17.8. The zero-order chi connectivity index (χ0) is 17.3. The zero-order valence-corrected chi connectivity index (χ0v) is 17.6. The fourth-order valence-corrected chi connectivity index (χ4v) is 9.43. The molecule has 24 heavy (non-hydrogen) atoms. The van der Waals surface area contributed by atoms with Crippen molar-refractivity contribution < 1.29 is 9.90 Å². The summed E-state index contributed by atoms with van der Waals surface area (Å²) in [5.74, 6) is 3.81. The first-order valence-electron chi connectivity index (χ1n) is 10.1. The van der Waals surface area contributed by atoms with Gasteiger partial charge in [0, 0.05) is 9.84 Å². The van der Waals surface area contributed by atoms with Gasteiger partial charge >= 0.3 is 0 Å². The lowest BCUT2D eigenvalue weighted by Crippen LogP contribution is -2.57. The number of carbonyl (C=O) groups is 1. The number of Topliss-reactive ketones (excluding diaryl/α,β-unsaturated/α-hetero) is 1. The van der Waals surface area contributed by atoms with Gasteiger partial charge in [-0.1, -0.05) is 36.4 Å². The van der Waals surface area contributed by atoms with Crippen LogP contribution in [-0.2, 0) is 4.79 Å². The minimum absolute atomic E-state index is 0.0642. The first-order valence-corrected chi connectivity index (χ1v) is 11.3. The van der Waals surface area contributed by atoms with Gasteiger partial charge in [-0.15, -0.1) is 0 Å². The number of halogens is 1. The smallest absolute Gasteiger partial charge is 0.133 e. The fraction of sp³-hybridized carbons (Fsp3) is 0.952. The Balaban J connectivity index is 1.66. The third-order valence-electron chi connectivity index (χ3n) is 9.10. The van der Waals surface area contributed by atoms with E-state index >= 15 is 0 Å². The number of rotatable bonds is 1. The molecule has 0 heterocycles. The van der Waals surface area contributed by atoms with Crippen LogP contribution in [0.5, 0.6) is 0 Å². The van der Waals surface area contributed by atoms with Crippen molar-refractivity contribution >= 4 is 28.4 Å². The van der Waals surface area contributed by atoms with Crippen LogP contribution in [0.15, 0.2) is 0 Å². The molecule has 4 rings (SSSR count). The summed E-state index contributed by atoms with van der Waals surface area (Å²) in [6.45, 7) is 6.81. The second-order valence-corrected chi connectivity index (χ2v) is 11.6. The Bertz CT molecular complexity index is 534. The molecule has 1 N–H and O–H groups in total. The van der Waals surface area contributed by atoms with Crippen LogP contribution in [0.1, 0.15) is 72.1 Å². The van der Waals surface area contributed by atoms with Crippen LogP contribution >= 0.6 is 22.6 Å². The van der Waals surface area contributed by atoms with Gasteiger partial charge in [-0.3, -0.25) is 4.79 Å². The molecule has 0 bridgehead atoms. The maximum atomic E-state index is 12.2. The zero-order valence-electron chi connectivity index (χ0n) is 15.4. The van der Waals surface area contributed by atoms with Crippen LogP contribution in [0.2, 0.25) is 0 Å². The molecule has 4 unspecified atom stereocenters. The lowest BCUT2D eigenvalue weighted by molar-refractivity contribution is -0.136. The largest absolute Gasteiger partial charge is 0.393 e. The van der Waals surface area contributed by atoms with Gasteiger partial charge in [0.2, 0.25) is 0 Å². The molecule has 0 aliphatic heterocycles. The van der Waals surface area contributed by atoms with Crippen molar-refractivity contribution in [2.75, 3.05) is 0 Å². The minimum atomic E-state index is -0.0642. The van der Waals surface area contributed by atoms with Crippen LogP contribution < -0.4 is 0 Å². The number of aliphatic hydroxyl groups is 1. The number of aliphatic hydroxyl groups excluding tert-OH is 1. The highest BCUT2D eigenvalue weighted by molar-refractivity contribution is 14.1. The number of fused-ring (bicyclic) bond motifs is 5. The molecule has 4 aliphatic rings. The standard InChI is InChI=1S/C21H33IO2/c1-12(23)15-4-5-16-19-17(7-9-21(15,16)3)20(2)8-6-14(24)10-13(20)11-18(19)22/h13-19,24H,4-11H2,1-3H3/t13-,14-,15?,16?,17?,18-,19?,20+,21-/m1/s1. The summed E-state index contributed by atoms with van der Waals surface area (Å²) >= 11 is 2.73. The predicted octanol–water partition coefficient (Wildman–Crippen LogP) is 5.01. The maximum Gasteiger partial charge on any atom is 0.133 e. The summed E-state index contributed by atoms with van der Waals surface area (Å²) in [4.78, 5) is 12.2. The maximum absolute atomic E-state index is 12.2. The van der Waals surface area contributed by atoms with Gasteiger partial charge < -0.3 is 5.11 Å². The summed E-state index contributed by atoms with van der Waals surface area (Å²) in [5, 5.41) is 10.2. The predicted molar refractivity (Wildman–Crippen MR) is 105 cm³/mol. The van der Waals surface area contributed by atoms with E-state index in [0.29, 0.717) is 23.0 Å². The molecule has 0 saturated heterocycles. The second-order valence-electron chi connectivity index (χ2n) is 9.96. The molecule has 9 atom stereocenters. The lowest BCUT2D eigenvalue weighted by atomic mass is 9.44. The Morgan fingerprint density at radius 3 is 2.38 bits per heavy atom. The SMILES string of the molecule is CC(=O)C1CCC2C3C(CC[C@]12C)[C@@]1(C)CC[C@@H](O)C[C@@H]1C[C@H]3I. The summed E-state index contributed by atoms with van der Waals surface area (Å²) in [6, 6.07) is 0. The molecule has 0 aromatic rings. The third-order valence-corrected chi connectivity index (χ3v) is 10.4. The first-order chi connectivity index (χ1) is 11.3. The Morgan fingerprint density at radius 2 is 1.67 bits per heavy atom. The van der Waals surface area contributed by atoms with Crippen LogP contribution in [0, 0.1) is 40.4 Å². The second kappa shape index (κ2) is 5.94. The minimum Gasteiger partial charge on any atom is -0.393 e. The van der Waals surface area contributed by atoms with E-state index in [1.807, 2.05) is 6.92 Å². The Kier molecular flexibility index (Phi) is 4.39. The molecule has 136 valence electrons. The van der Waals surface area contributed by atoms with Gasteiger partial charge in [-0.25, -0.2) is 0 Å². The number of alkyl halides is 1. The highest BCUT2D eigenvalue weighted by Crippen LogP contribution is 2.68. The van der Waals surface area contributed by atoms with E-state index in [1.165, 1.54) is 32.1 Å². The third kappa shape index (κ3) is 2.39. The molecular formula is C21H33IO2. The van der Waals surface area contributed by atoms with Gasteiger partial charge in [0.05, 0.1) is 6.10 Å². The molecular weight excluding hydrogens is 411 g/mol. The highest BCUT2D eigenvalue weighted by atomic mass is 127. The van der Waals surface area contributed by atoms with Gasteiger partial charge in [-0.05, 0) is 92.8 Å². The number of hydrogen-bond donors (Lipinski definition) is 1. The Hall–Kier alpha value is 0.360. The molecule has 0 aromatic carbocycles. The van der Waals surface area contributed by atoms with Crippen LogP contribution in [-0.4, -0.2) is 20.9 Å². The summed E-state index contributed by atoms with van der Waals surface area (Å²) in [7, 11) is 0. The highest BCUT2D eigenvalue weighted by Gasteiger charge is 2.62. The number of carbonyl (C=O) groups excluding carboxylic acids is 1. The van der Waals surface area contributed by atoms with Crippen molar-refractivity contribution in [2.45, 2.75) is 82.2 Å². The van der Waals surface area contributed by atoms with E-state index in [2.05, 4.69) is 36.4 Å². The van der Waals surface area contributed by atoms with Crippen molar-refractivity contribution in [3.63, 3.8) is 0 Å². The summed E-state index contributed by atoms with van der Waals surface area (Å²) in [6.07, 6.45) is 9.41. The van der Waals surface area contributed by atoms with Gasteiger partial charge in [0.1, 0.15) is 5.78 Å². The van der Waals surface area contributed by atoms with Crippen LogP contribution in [0.3, 0.4) is 0 Å². The van der Waals surface area contributed by atoms with Gasteiger partial charge in [-0.2, -0.15) is 0 Å². The quantitative estimate of drug-likeness (QED) is 0.456. The van der Waals surface area contributed by atoms with Crippen LogP contribution in [0.4, 0.5) is 0 Å². The lowest BCUT2D eigenvalue weighted by Gasteiger charge is -2.62. The molecule has 4 saturated carbocycles. The van der Waals surface area contributed by atoms with Gasteiger partial charge in [0.15, 0.2) is 0 Å². The Morgan fingerprint density at radius 1 is 1.00 bits per heavy atom. The molecule has 0 spiro atoms. The van der Waals surface area contributed by atoms with Crippen molar-refractivity contribution in [3.8, 4) is 0 Å². The molecule has 4 fully saturated rings. The number of ketones is 1. The van der Waals surface area contributed by atoms with E-state index in [0.717, 1.165) is 40.9 Å². The van der Waals surface area contributed by atoms with Crippen molar-refractivity contribution in [3.05, 3.63) is 0 Å².